The predicted octanol–water partition coefficient (Wildman–Crippen LogP) is 2.11. The van der Waals surface area contributed by atoms with Gasteiger partial charge in [0, 0.05) is 23.6 Å². The number of fused-ring (bicyclic) bond motifs is 1. The molecule has 80 valence electrons. The van der Waals surface area contributed by atoms with Crippen molar-refractivity contribution in [2.75, 3.05) is 0 Å². The van der Waals surface area contributed by atoms with Gasteiger partial charge in [-0.2, -0.15) is 0 Å². The quantitative estimate of drug-likeness (QED) is 0.749. The van der Waals surface area contributed by atoms with Crippen LogP contribution in [0.25, 0.3) is 10.9 Å². The Morgan fingerprint density at radius 2 is 1.87 bits per heavy atom. The Bertz CT molecular complexity index is 506. The van der Waals surface area contributed by atoms with Crippen LogP contribution in [0.15, 0.2) is 24.3 Å². The summed E-state index contributed by atoms with van der Waals surface area (Å²) in [7, 11) is 1.91. The SMILES string of the molecule is Cn1c(C(C)(C)O)cc2cc(O)ccc21. The fourth-order valence-electron chi connectivity index (χ4n) is 1.92. The van der Waals surface area contributed by atoms with E-state index in [0.717, 1.165) is 16.6 Å². The zero-order valence-corrected chi connectivity index (χ0v) is 9.15. The number of benzene rings is 1. The third-order valence-electron chi connectivity index (χ3n) is 2.65. The minimum atomic E-state index is -0.872. The van der Waals surface area contributed by atoms with Gasteiger partial charge in [0.15, 0.2) is 0 Å². The second-order valence-corrected chi connectivity index (χ2v) is 4.39. The average Bonchev–Trinajstić information content (AvgIpc) is 2.42. The highest BCUT2D eigenvalue weighted by Crippen LogP contribution is 2.28. The Kier molecular flexibility index (Phi) is 2.01. The van der Waals surface area contributed by atoms with Crippen molar-refractivity contribution in [3.8, 4) is 5.75 Å². The molecule has 0 aliphatic heterocycles. The molecular formula is C12H15NO2. The summed E-state index contributed by atoms with van der Waals surface area (Å²) in [6.07, 6.45) is 0. The van der Waals surface area contributed by atoms with Crippen LogP contribution in [0.4, 0.5) is 0 Å². The molecule has 0 saturated heterocycles. The van der Waals surface area contributed by atoms with Gasteiger partial charge in [0.1, 0.15) is 5.75 Å². The van der Waals surface area contributed by atoms with Gasteiger partial charge < -0.3 is 14.8 Å². The zero-order valence-electron chi connectivity index (χ0n) is 9.15. The number of rotatable bonds is 1. The maximum Gasteiger partial charge on any atom is 0.116 e. The predicted molar refractivity (Wildman–Crippen MR) is 59.8 cm³/mol. The van der Waals surface area contributed by atoms with E-state index < -0.39 is 5.60 Å². The van der Waals surface area contributed by atoms with Crippen LogP contribution in [0.5, 0.6) is 5.75 Å². The van der Waals surface area contributed by atoms with Crippen molar-refractivity contribution in [1.29, 1.82) is 0 Å². The third kappa shape index (κ3) is 1.59. The Balaban J connectivity index is 2.75. The van der Waals surface area contributed by atoms with Crippen molar-refractivity contribution >= 4 is 10.9 Å². The molecule has 3 heteroatoms. The summed E-state index contributed by atoms with van der Waals surface area (Å²) in [5.74, 6) is 0.246. The number of hydrogen-bond acceptors (Lipinski definition) is 2. The lowest BCUT2D eigenvalue weighted by molar-refractivity contribution is 0.0712. The first-order valence-corrected chi connectivity index (χ1v) is 4.91. The van der Waals surface area contributed by atoms with Crippen molar-refractivity contribution in [3.05, 3.63) is 30.0 Å². The van der Waals surface area contributed by atoms with Gasteiger partial charge in [-0.25, -0.2) is 0 Å². The molecule has 0 saturated carbocycles. The number of hydrogen-bond donors (Lipinski definition) is 2. The van der Waals surface area contributed by atoms with Crippen LogP contribution >= 0.6 is 0 Å². The van der Waals surface area contributed by atoms with Crippen molar-refractivity contribution in [2.45, 2.75) is 19.4 Å². The summed E-state index contributed by atoms with van der Waals surface area (Å²) in [4.78, 5) is 0. The van der Waals surface area contributed by atoms with Gasteiger partial charge in [-0.15, -0.1) is 0 Å². The monoisotopic (exact) mass is 205 g/mol. The van der Waals surface area contributed by atoms with Crippen LogP contribution in [-0.2, 0) is 12.6 Å². The molecule has 2 aromatic rings. The summed E-state index contributed by atoms with van der Waals surface area (Å²) in [6.45, 7) is 3.50. The molecule has 0 fully saturated rings. The summed E-state index contributed by atoms with van der Waals surface area (Å²) in [6, 6.07) is 7.09. The van der Waals surface area contributed by atoms with Crippen LogP contribution in [0, 0.1) is 0 Å². The van der Waals surface area contributed by atoms with Gasteiger partial charge in [-0.1, -0.05) is 0 Å². The van der Waals surface area contributed by atoms with Crippen LogP contribution in [0.2, 0.25) is 0 Å². The highest BCUT2D eigenvalue weighted by atomic mass is 16.3. The second kappa shape index (κ2) is 3.00. The summed E-state index contributed by atoms with van der Waals surface area (Å²) in [5.41, 5.74) is 0.969. The third-order valence-corrected chi connectivity index (χ3v) is 2.65. The van der Waals surface area contributed by atoms with E-state index in [9.17, 15) is 10.2 Å². The number of aliphatic hydroxyl groups is 1. The van der Waals surface area contributed by atoms with Gasteiger partial charge in [0.25, 0.3) is 0 Å². The summed E-state index contributed by atoms with van der Waals surface area (Å²) >= 11 is 0. The number of aromatic hydroxyl groups is 1. The molecule has 1 aromatic carbocycles. The molecule has 3 nitrogen and oxygen atoms in total. The topological polar surface area (TPSA) is 45.4 Å². The zero-order chi connectivity index (χ0) is 11.2. The molecule has 2 rings (SSSR count). The molecule has 0 radical (unpaired) electrons. The van der Waals surface area contributed by atoms with E-state index in [1.54, 1.807) is 26.0 Å². The lowest BCUT2D eigenvalue weighted by Crippen LogP contribution is -2.19. The molecule has 1 heterocycles. The molecule has 0 aliphatic carbocycles. The van der Waals surface area contributed by atoms with Crippen LogP contribution in [-0.4, -0.2) is 14.8 Å². The highest BCUT2D eigenvalue weighted by Gasteiger charge is 2.21. The van der Waals surface area contributed by atoms with Crippen LogP contribution < -0.4 is 0 Å². The number of phenols is 1. The molecule has 0 atom stereocenters. The van der Waals surface area contributed by atoms with Gasteiger partial charge >= 0.3 is 0 Å². The Hall–Kier alpha value is -1.48. The van der Waals surface area contributed by atoms with Crippen molar-refractivity contribution in [1.82, 2.24) is 4.57 Å². The number of aryl methyl sites for hydroxylation is 1. The minimum absolute atomic E-state index is 0.246. The van der Waals surface area contributed by atoms with E-state index in [1.165, 1.54) is 0 Å². The van der Waals surface area contributed by atoms with Gasteiger partial charge in [-0.3, -0.25) is 0 Å². The number of aromatic nitrogens is 1. The fourth-order valence-corrected chi connectivity index (χ4v) is 1.92. The van der Waals surface area contributed by atoms with Crippen LogP contribution in [0.3, 0.4) is 0 Å². The lowest BCUT2D eigenvalue weighted by Gasteiger charge is -2.18. The lowest BCUT2D eigenvalue weighted by atomic mass is 10.1. The molecule has 0 unspecified atom stereocenters. The Labute approximate surface area is 88.6 Å². The van der Waals surface area contributed by atoms with Crippen molar-refractivity contribution < 1.29 is 10.2 Å². The summed E-state index contributed by atoms with van der Waals surface area (Å²) in [5, 5.41) is 20.3. The van der Waals surface area contributed by atoms with E-state index in [2.05, 4.69) is 0 Å². The Morgan fingerprint density at radius 3 is 2.47 bits per heavy atom. The second-order valence-electron chi connectivity index (χ2n) is 4.39. The number of nitrogens with zero attached hydrogens (tertiary/aromatic N) is 1. The van der Waals surface area contributed by atoms with Crippen LogP contribution in [0.1, 0.15) is 19.5 Å². The summed E-state index contributed by atoms with van der Waals surface area (Å²) < 4.78 is 1.94. The largest absolute Gasteiger partial charge is 0.508 e. The number of phenolic OH excluding ortho intramolecular Hbond substituents is 1. The van der Waals surface area contributed by atoms with Gasteiger partial charge in [0.2, 0.25) is 0 Å². The molecule has 0 aliphatic rings. The molecular weight excluding hydrogens is 190 g/mol. The van der Waals surface area contributed by atoms with Gasteiger partial charge in [-0.05, 0) is 38.1 Å². The molecule has 15 heavy (non-hydrogen) atoms. The van der Waals surface area contributed by atoms with E-state index in [1.807, 2.05) is 23.7 Å². The molecule has 1 aromatic heterocycles. The van der Waals surface area contributed by atoms with E-state index in [0.29, 0.717) is 0 Å². The standard InChI is InChI=1S/C12H15NO2/c1-12(2,15)11-7-8-6-9(14)4-5-10(8)13(11)3/h4-7,14-15H,1-3H3. The average molecular weight is 205 g/mol. The van der Waals surface area contributed by atoms with Crippen molar-refractivity contribution in [3.63, 3.8) is 0 Å². The first-order valence-electron chi connectivity index (χ1n) is 4.91. The maximum absolute atomic E-state index is 9.96. The van der Waals surface area contributed by atoms with E-state index in [-0.39, 0.29) is 5.75 Å². The molecule has 2 N–H and O–H groups in total. The highest BCUT2D eigenvalue weighted by molar-refractivity contribution is 5.83. The maximum atomic E-state index is 9.96. The first-order chi connectivity index (χ1) is 6.89. The van der Waals surface area contributed by atoms with Crippen molar-refractivity contribution in [2.24, 2.45) is 7.05 Å². The molecule has 0 spiro atoms. The molecule has 0 amide bonds. The molecule has 0 bridgehead atoms. The van der Waals surface area contributed by atoms with E-state index >= 15 is 0 Å². The van der Waals surface area contributed by atoms with Gasteiger partial charge in [0.05, 0.1) is 5.60 Å². The minimum Gasteiger partial charge on any atom is -0.508 e. The Morgan fingerprint density at radius 1 is 1.20 bits per heavy atom. The smallest absolute Gasteiger partial charge is 0.116 e. The normalized spacial score (nSPS) is 12.3. The fraction of sp³-hybridized carbons (Fsp3) is 0.333. The van der Waals surface area contributed by atoms with E-state index in [4.69, 9.17) is 0 Å². The first kappa shape index (κ1) is 10.1.